The van der Waals surface area contributed by atoms with Crippen LogP contribution in [-0.4, -0.2) is 38.2 Å². The Morgan fingerprint density at radius 1 is 1.35 bits per heavy atom. The topological polar surface area (TPSA) is 24.5 Å². The molecule has 3 heteroatoms. The zero-order chi connectivity index (χ0) is 14.4. The number of ether oxygens (including phenoxy) is 1. The molecule has 0 saturated carbocycles. The van der Waals surface area contributed by atoms with Crippen molar-refractivity contribution in [2.45, 2.75) is 32.7 Å². The van der Waals surface area contributed by atoms with E-state index in [0.29, 0.717) is 12.0 Å². The minimum atomic E-state index is 0.515. The summed E-state index contributed by atoms with van der Waals surface area (Å²) in [6.45, 7) is 8.44. The molecule has 3 nitrogen and oxygen atoms in total. The third-order valence-corrected chi connectivity index (χ3v) is 4.24. The van der Waals surface area contributed by atoms with Crippen LogP contribution in [0.15, 0.2) is 24.3 Å². The standard InChI is InChI=1S/C17H28N2O/c1-4-19-11-7-9-15(13-18-3)17(19)14-8-6-10-16(12-14)20-5-2/h6,8,10,12,15,17-18H,4-5,7,9,11,13H2,1-3H3. The van der Waals surface area contributed by atoms with Crippen LogP contribution < -0.4 is 10.1 Å². The van der Waals surface area contributed by atoms with Crippen molar-refractivity contribution in [3.05, 3.63) is 29.8 Å². The third-order valence-electron chi connectivity index (χ3n) is 4.24. The SMILES string of the molecule is CCOc1cccc(C2C(CNC)CCCN2CC)c1. The quantitative estimate of drug-likeness (QED) is 0.864. The van der Waals surface area contributed by atoms with E-state index in [1.54, 1.807) is 0 Å². The Labute approximate surface area is 123 Å². The number of hydrogen-bond donors (Lipinski definition) is 1. The summed E-state index contributed by atoms with van der Waals surface area (Å²) in [4.78, 5) is 2.61. The van der Waals surface area contributed by atoms with Gasteiger partial charge in [0.05, 0.1) is 6.61 Å². The maximum absolute atomic E-state index is 5.67. The fourth-order valence-corrected chi connectivity index (χ4v) is 3.42. The summed E-state index contributed by atoms with van der Waals surface area (Å²) in [5.41, 5.74) is 1.40. The molecule has 1 aliphatic heterocycles. The van der Waals surface area contributed by atoms with Crippen LogP contribution >= 0.6 is 0 Å². The molecule has 0 aliphatic carbocycles. The first-order chi connectivity index (χ1) is 9.80. The number of likely N-dealkylation sites (tertiary alicyclic amines) is 1. The van der Waals surface area contributed by atoms with Crippen molar-refractivity contribution in [1.82, 2.24) is 10.2 Å². The molecule has 0 bridgehead atoms. The molecule has 2 atom stereocenters. The average molecular weight is 276 g/mol. The summed E-state index contributed by atoms with van der Waals surface area (Å²) in [5, 5.41) is 3.36. The number of hydrogen-bond acceptors (Lipinski definition) is 3. The van der Waals surface area contributed by atoms with Gasteiger partial charge in [0.25, 0.3) is 0 Å². The van der Waals surface area contributed by atoms with Crippen molar-refractivity contribution >= 4 is 0 Å². The minimum absolute atomic E-state index is 0.515. The Morgan fingerprint density at radius 2 is 2.20 bits per heavy atom. The van der Waals surface area contributed by atoms with E-state index in [0.717, 1.165) is 25.4 Å². The van der Waals surface area contributed by atoms with E-state index in [2.05, 4.69) is 48.5 Å². The molecule has 1 aliphatic rings. The van der Waals surface area contributed by atoms with Crippen LogP contribution in [0.1, 0.15) is 38.3 Å². The molecule has 20 heavy (non-hydrogen) atoms. The van der Waals surface area contributed by atoms with Crippen LogP contribution in [0.25, 0.3) is 0 Å². The lowest BCUT2D eigenvalue weighted by atomic mass is 9.84. The maximum atomic E-state index is 5.67. The smallest absolute Gasteiger partial charge is 0.119 e. The molecule has 0 spiro atoms. The molecular formula is C17H28N2O. The zero-order valence-electron chi connectivity index (χ0n) is 13.1. The van der Waals surface area contributed by atoms with Crippen molar-refractivity contribution in [2.75, 3.05) is 33.3 Å². The number of piperidine rings is 1. The van der Waals surface area contributed by atoms with E-state index in [1.165, 1.54) is 24.9 Å². The average Bonchev–Trinajstić information content (AvgIpc) is 2.48. The van der Waals surface area contributed by atoms with Crippen molar-refractivity contribution in [3.63, 3.8) is 0 Å². The molecule has 0 amide bonds. The van der Waals surface area contributed by atoms with E-state index < -0.39 is 0 Å². The van der Waals surface area contributed by atoms with Crippen LogP contribution in [0.5, 0.6) is 5.75 Å². The van der Waals surface area contributed by atoms with E-state index >= 15 is 0 Å². The largest absolute Gasteiger partial charge is 0.494 e. The van der Waals surface area contributed by atoms with E-state index in [4.69, 9.17) is 4.74 Å². The molecular weight excluding hydrogens is 248 g/mol. The molecule has 1 aromatic carbocycles. The highest BCUT2D eigenvalue weighted by Crippen LogP contribution is 2.36. The first-order valence-electron chi connectivity index (χ1n) is 7.91. The molecule has 2 unspecified atom stereocenters. The first-order valence-corrected chi connectivity index (χ1v) is 7.91. The fourth-order valence-electron chi connectivity index (χ4n) is 3.42. The van der Waals surface area contributed by atoms with Crippen molar-refractivity contribution in [1.29, 1.82) is 0 Å². The number of rotatable bonds is 6. The first kappa shape index (κ1) is 15.3. The van der Waals surface area contributed by atoms with Crippen molar-refractivity contribution < 1.29 is 4.74 Å². The maximum Gasteiger partial charge on any atom is 0.119 e. The van der Waals surface area contributed by atoms with Crippen LogP contribution in [0.4, 0.5) is 0 Å². The Bertz CT molecular complexity index is 406. The van der Waals surface area contributed by atoms with Crippen LogP contribution in [0, 0.1) is 5.92 Å². The summed E-state index contributed by atoms with van der Waals surface area (Å²) in [7, 11) is 2.05. The molecule has 1 N–H and O–H groups in total. The van der Waals surface area contributed by atoms with Gasteiger partial charge >= 0.3 is 0 Å². The highest BCUT2D eigenvalue weighted by atomic mass is 16.5. The molecule has 0 radical (unpaired) electrons. The Kier molecular flexibility index (Phi) is 5.86. The van der Waals surface area contributed by atoms with E-state index in [1.807, 2.05) is 6.92 Å². The molecule has 1 aromatic rings. The van der Waals surface area contributed by atoms with Gasteiger partial charge in [-0.25, -0.2) is 0 Å². The molecule has 0 aromatic heterocycles. The number of nitrogens with one attached hydrogen (secondary N) is 1. The van der Waals surface area contributed by atoms with E-state index in [9.17, 15) is 0 Å². The van der Waals surface area contributed by atoms with Gasteiger partial charge in [0.1, 0.15) is 5.75 Å². The van der Waals surface area contributed by atoms with E-state index in [-0.39, 0.29) is 0 Å². The second-order valence-corrected chi connectivity index (χ2v) is 5.54. The summed E-state index contributed by atoms with van der Waals surface area (Å²) < 4.78 is 5.67. The number of nitrogens with zero attached hydrogens (tertiary/aromatic N) is 1. The van der Waals surface area contributed by atoms with Gasteiger partial charge < -0.3 is 10.1 Å². The lowest BCUT2D eigenvalue weighted by Gasteiger charge is -2.41. The molecule has 1 fully saturated rings. The van der Waals surface area contributed by atoms with Crippen molar-refractivity contribution in [3.8, 4) is 5.75 Å². The summed E-state index contributed by atoms with van der Waals surface area (Å²) in [5.74, 6) is 1.68. The predicted octanol–water partition coefficient (Wildman–Crippen LogP) is 3.08. The lowest BCUT2D eigenvalue weighted by Crippen LogP contribution is -2.41. The normalized spacial score (nSPS) is 23.8. The number of benzene rings is 1. The lowest BCUT2D eigenvalue weighted by molar-refractivity contribution is 0.0980. The predicted molar refractivity (Wildman–Crippen MR) is 84.2 cm³/mol. The molecule has 1 heterocycles. The highest BCUT2D eigenvalue weighted by molar-refractivity contribution is 5.31. The van der Waals surface area contributed by atoms with Gasteiger partial charge in [0.15, 0.2) is 0 Å². The Hall–Kier alpha value is -1.06. The van der Waals surface area contributed by atoms with Gasteiger partial charge in [0, 0.05) is 6.04 Å². The molecule has 2 rings (SSSR count). The van der Waals surface area contributed by atoms with Crippen molar-refractivity contribution in [2.24, 2.45) is 5.92 Å². The third kappa shape index (κ3) is 3.53. The van der Waals surface area contributed by atoms with Gasteiger partial charge in [-0.05, 0) is 70.1 Å². The molecule has 1 saturated heterocycles. The zero-order valence-corrected chi connectivity index (χ0v) is 13.1. The minimum Gasteiger partial charge on any atom is -0.494 e. The van der Waals surface area contributed by atoms with Crippen LogP contribution in [0.2, 0.25) is 0 Å². The van der Waals surface area contributed by atoms with Crippen LogP contribution in [0.3, 0.4) is 0 Å². The second kappa shape index (κ2) is 7.65. The van der Waals surface area contributed by atoms with Gasteiger partial charge in [-0.3, -0.25) is 4.90 Å². The van der Waals surface area contributed by atoms with Gasteiger partial charge in [0.2, 0.25) is 0 Å². The van der Waals surface area contributed by atoms with Crippen LogP contribution in [-0.2, 0) is 0 Å². The van der Waals surface area contributed by atoms with Gasteiger partial charge in [-0.2, -0.15) is 0 Å². The second-order valence-electron chi connectivity index (χ2n) is 5.54. The molecule has 112 valence electrons. The Balaban J connectivity index is 2.25. The summed E-state index contributed by atoms with van der Waals surface area (Å²) in [6, 6.07) is 9.18. The fraction of sp³-hybridized carbons (Fsp3) is 0.647. The van der Waals surface area contributed by atoms with Gasteiger partial charge in [-0.1, -0.05) is 19.1 Å². The van der Waals surface area contributed by atoms with Gasteiger partial charge in [-0.15, -0.1) is 0 Å². The summed E-state index contributed by atoms with van der Waals surface area (Å²) >= 11 is 0. The Morgan fingerprint density at radius 3 is 2.90 bits per heavy atom. The highest BCUT2D eigenvalue weighted by Gasteiger charge is 2.31. The summed E-state index contributed by atoms with van der Waals surface area (Å²) in [6.07, 6.45) is 2.61. The monoisotopic (exact) mass is 276 g/mol.